The third-order valence-electron chi connectivity index (χ3n) is 5.30. The number of fused-ring (bicyclic) bond motifs is 1. The number of nitrogens with zero attached hydrogens (tertiary/aromatic N) is 1. The van der Waals surface area contributed by atoms with Crippen molar-refractivity contribution in [1.29, 1.82) is 0 Å². The highest BCUT2D eigenvalue weighted by Gasteiger charge is 2.40. The molecule has 0 spiro atoms. The summed E-state index contributed by atoms with van der Waals surface area (Å²) in [5, 5.41) is 0. The van der Waals surface area contributed by atoms with E-state index in [1.807, 2.05) is 30.3 Å². The molecule has 0 bridgehead atoms. The summed E-state index contributed by atoms with van der Waals surface area (Å²) in [7, 11) is 0. The number of hydrogen-bond donors (Lipinski definition) is 1. The number of piperidine rings is 1. The lowest BCUT2D eigenvalue weighted by Gasteiger charge is -2.47. The third-order valence-corrected chi connectivity index (χ3v) is 5.30. The highest BCUT2D eigenvalue weighted by Crippen LogP contribution is 2.37. The molecule has 132 valence electrons. The number of carbonyl (C=O) groups excluding carboxylic acids is 1. The van der Waals surface area contributed by atoms with Crippen LogP contribution >= 0.6 is 0 Å². The predicted octanol–water partition coefficient (Wildman–Crippen LogP) is 3.18. The van der Waals surface area contributed by atoms with Crippen LogP contribution < -0.4 is 10.5 Å². The Bertz CT molecular complexity index is 523. The van der Waals surface area contributed by atoms with Crippen molar-refractivity contribution in [2.45, 2.75) is 50.7 Å². The summed E-state index contributed by atoms with van der Waals surface area (Å²) >= 11 is 0. The van der Waals surface area contributed by atoms with Gasteiger partial charge in [-0.05, 0) is 37.8 Å². The Hall–Kier alpha value is -1.75. The number of benzene rings is 1. The van der Waals surface area contributed by atoms with Crippen molar-refractivity contribution in [1.82, 2.24) is 4.90 Å². The van der Waals surface area contributed by atoms with Crippen LogP contribution in [0.4, 0.5) is 4.79 Å². The van der Waals surface area contributed by atoms with Crippen molar-refractivity contribution in [3.63, 3.8) is 0 Å². The molecule has 1 aromatic carbocycles. The number of nitrogens with two attached hydrogens (primary N) is 1. The maximum absolute atomic E-state index is 11.1. The molecule has 1 heterocycles. The van der Waals surface area contributed by atoms with Crippen LogP contribution in [0.15, 0.2) is 30.3 Å². The maximum atomic E-state index is 11.1. The Morgan fingerprint density at radius 2 is 1.96 bits per heavy atom. The molecule has 2 aliphatic rings. The molecular formula is C19H28N2O3. The first-order valence-corrected chi connectivity index (χ1v) is 9.12. The van der Waals surface area contributed by atoms with Crippen molar-refractivity contribution in [3.05, 3.63) is 30.3 Å². The van der Waals surface area contributed by atoms with Crippen molar-refractivity contribution < 1.29 is 14.3 Å². The highest BCUT2D eigenvalue weighted by atomic mass is 16.6. The van der Waals surface area contributed by atoms with E-state index < -0.39 is 6.09 Å². The third kappa shape index (κ3) is 4.41. The summed E-state index contributed by atoms with van der Waals surface area (Å²) in [5.41, 5.74) is 5.24. The minimum Gasteiger partial charge on any atom is -0.494 e. The lowest BCUT2D eigenvalue weighted by molar-refractivity contribution is -0.0423. The zero-order chi connectivity index (χ0) is 16.8. The second-order valence-electron chi connectivity index (χ2n) is 6.83. The van der Waals surface area contributed by atoms with Gasteiger partial charge in [0.1, 0.15) is 11.9 Å². The molecule has 3 rings (SSSR count). The van der Waals surface area contributed by atoms with E-state index in [9.17, 15) is 4.79 Å². The van der Waals surface area contributed by atoms with Gasteiger partial charge in [-0.3, -0.25) is 4.90 Å². The molecule has 3 unspecified atom stereocenters. The molecule has 1 saturated heterocycles. The number of likely N-dealkylation sites (tertiary alicyclic amines) is 1. The van der Waals surface area contributed by atoms with Gasteiger partial charge in [-0.25, -0.2) is 4.79 Å². The Morgan fingerprint density at radius 3 is 2.75 bits per heavy atom. The van der Waals surface area contributed by atoms with E-state index in [1.54, 1.807) is 0 Å². The van der Waals surface area contributed by atoms with Gasteiger partial charge in [0, 0.05) is 25.0 Å². The lowest BCUT2D eigenvalue weighted by Crippen LogP contribution is -2.54. The minimum absolute atomic E-state index is 0.00428. The van der Waals surface area contributed by atoms with Crippen LogP contribution in [0.3, 0.4) is 0 Å². The molecule has 5 nitrogen and oxygen atoms in total. The summed E-state index contributed by atoms with van der Waals surface area (Å²) in [4.78, 5) is 13.7. The Morgan fingerprint density at radius 1 is 1.17 bits per heavy atom. The van der Waals surface area contributed by atoms with Crippen molar-refractivity contribution in [2.75, 3.05) is 19.7 Å². The second-order valence-corrected chi connectivity index (χ2v) is 6.83. The first-order valence-electron chi connectivity index (χ1n) is 9.12. The van der Waals surface area contributed by atoms with Crippen LogP contribution in [0.5, 0.6) is 5.75 Å². The molecule has 0 radical (unpaired) electrons. The van der Waals surface area contributed by atoms with Gasteiger partial charge in [0.25, 0.3) is 0 Å². The van der Waals surface area contributed by atoms with E-state index in [0.717, 1.165) is 44.7 Å². The van der Waals surface area contributed by atoms with Crippen LogP contribution in [0, 0.1) is 5.92 Å². The van der Waals surface area contributed by atoms with Gasteiger partial charge in [-0.1, -0.05) is 31.0 Å². The minimum atomic E-state index is -0.631. The van der Waals surface area contributed by atoms with Crippen LogP contribution in [0.25, 0.3) is 0 Å². The van der Waals surface area contributed by atoms with Crippen molar-refractivity contribution in [3.8, 4) is 5.75 Å². The quantitative estimate of drug-likeness (QED) is 0.813. The highest BCUT2D eigenvalue weighted by molar-refractivity contribution is 5.64. The van der Waals surface area contributed by atoms with Crippen LogP contribution in [-0.2, 0) is 4.74 Å². The second kappa shape index (κ2) is 8.38. The Labute approximate surface area is 144 Å². The zero-order valence-corrected chi connectivity index (χ0v) is 14.2. The molecule has 1 amide bonds. The maximum Gasteiger partial charge on any atom is 0.404 e. The summed E-state index contributed by atoms with van der Waals surface area (Å²) < 4.78 is 11.2. The Balaban J connectivity index is 1.48. The molecular weight excluding hydrogens is 304 g/mol. The van der Waals surface area contributed by atoms with E-state index in [-0.39, 0.29) is 6.10 Å². The number of ether oxygens (including phenoxy) is 2. The molecule has 1 aromatic rings. The number of rotatable bonds is 6. The molecule has 0 aromatic heterocycles. The average Bonchev–Trinajstić information content (AvgIpc) is 2.61. The van der Waals surface area contributed by atoms with Crippen molar-refractivity contribution in [2.24, 2.45) is 11.7 Å². The molecule has 24 heavy (non-hydrogen) atoms. The molecule has 5 heteroatoms. The number of para-hydroxylation sites is 1. The van der Waals surface area contributed by atoms with E-state index in [4.69, 9.17) is 15.2 Å². The fraction of sp³-hybridized carbons (Fsp3) is 0.632. The first kappa shape index (κ1) is 17.1. The van der Waals surface area contributed by atoms with E-state index in [2.05, 4.69) is 4.90 Å². The summed E-state index contributed by atoms with van der Waals surface area (Å²) in [6, 6.07) is 10.5. The number of carbonyl (C=O) groups is 1. The lowest BCUT2D eigenvalue weighted by atomic mass is 9.76. The fourth-order valence-electron chi connectivity index (χ4n) is 4.25. The topological polar surface area (TPSA) is 64.8 Å². The molecule has 3 atom stereocenters. The molecule has 2 fully saturated rings. The van der Waals surface area contributed by atoms with E-state index >= 15 is 0 Å². The summed E-state index contributed by atoms with van der Waals surface area (Å²) in [6.07, 6.45) is 6.11. The van der Waals surface area contributed by atoms with E-state index in [1.165, 1.54) is 19.3 Å². The SMILES string of the molecule is NC(=O)OC1CCN(CCCOc2ccccc2)C2CCCCC12. The molecule has 1 aliphatic carbocycles. The predicted molar refractivity (Wildman–Crippen MR) is 92.9 cm³/mol. The average molecular weight is 332 g/mol. The monoisotopic (exact) mass is 332 g/mol. The fourth-order valence-corrected chi connectivity index (χ4v) is 4.25. The van der Waals surface area contributed by atoms with E-state index in [0.29, 0.717) is 12.0 Å². The van der Waals surface area contributed by atoms with Crippen LogP contribution in [-0.4, -0.2) is 42.8 Å². The van der Waals surface area contributed by atoms with Gasteiger partial charge in [-0.2, -0.15) is 0 Å². The number of primary amides is 1. The van der Waals surface area contributed by atoms with Gasteiger partial charge in [-0.15, -0.1) is 0 Å². The zero-order valence-electron chi connectivity index (χ0n) is 14.2. The van der Waals surface area contributed by atoms with Gasteiger partial charge in [0.15, 0.2) is 0 Å². The van der Waals surface area contributed by atoms with Gasteiger partial charge in [0.2, 0.25) is 0 Å². The standard InChI is InChI=1S/C19H28N2O3/c20-19(22)24-18-11-13-21(17-10-5-4-9-16(17)18)12-6-14-23-15-7-2-1-3-8-15/h1-3,7-8,16-18H,4-6,9-14H2,(H2,20,22). The smallest absolute Gasteiger partial charge is 0.404 e. The van der Waals surface area contributed by atoms with Gasteiger partial charge >= 0.3 is 6.09 Å². The summed E-state index contributed by atoms with van der Waals surface area (Å²) in [5.74, 6) is 1.37. The van der Waals surface area contributed by atoms with Crippen molar-refractivity contribution >= 4 is 6.09 Å². The van der Waals surface area contributed by atoms with Crippen LogP contribution in [0.2, 0.25) is 0 Å². The normalized spacial score (nSPS) is 27.2. The van der Waals surface area contributed by atoms with Gasteiger partial charge < -0.3 is 15.2 Å². The molecule has 1 saturated carbocycles. The first-order chi connectivity index (χ1) is 11.7. The Kier molecular flexibility index (Phi) is 5.96. The number of hydrogen-bond acceptors (Lipinski definition) is 4. The molecule has 1 aliphatic heterocycles. The summed E-state index contributed by atoms with van der Waals surface area (Å²) in [6.45, 7) is 2.75. The van der Waals surface area contributed by atoms with Crippen LogP contribution in [0.1, 0.15) is 38.5 Å². The largest absolute Gasteiger partial charge is 0.494 e. The van der Waals surface area contributed by atoms with Gasteiger partial charge in [0.05, 0.1) is 6.61 Å². The number of amides is 1. The molecule has 2 N–H and O–H groups in total.